The number of likely N-dealkylation sites (tertiary alicyclic amines) is 1. The quantitative estimate of drug-likeness (QED) is 0.835. The van der Waals surface area contributed by atoms with Gasteiger partial charge in [0, 0.05) is 18.0 Å². The maximum atomic E-state index is 14.1. The third-order valence-corrected chi connectivity index (χ3v) is 6.33. The van der Waals surface area contributed by atoms with Crippen LogP contribution in [0.15, 0.2) is 42.5 Å². The fraction of sp³-hybridized carbons (Fsp3) is 0.304. The summed E-state index contributed by atoms with van der Waals surface area (Å²) in [6, 6.07) is 10.1. The molecule has 3 amide bonds. The Morgan fingerprint density at radius 3 is 2.73 bits per heavy atom. The van der Waals surface area contributed by atoms with E-state index in [0.29, 0.717) is 6.54 Å². The van der Waals surface area contributed by atoms with Gasteiger partial charge in [0.2, 0.25) is 5.91 Å². The number of carbonyl (C=O) groups is 2. The Hall–Kier alpha value is -3.22. The molecule has 154 valence electrons. The smallest absolute Gasteiger partial charge is 0.322 e. The summed E-state index contributed by atoms with van der Waals surface area (Å²) >= 11 is 0. The zero-order valence-electron chi connectivity index (χ0n) is 16.5. The lowest BCUT2D eigenvalue weighted by Crippen LogP contribution is -2.47. The molecular formula is C23H21F2N3O2. The Bertz CT molecular complexity index is 1100. The average molecular weight is 409 g/mol. The molecule has 30 heavy (non-hydrogen) atoms. The van der Waals surface area contributed by atoms with Crippen LogP contribution in [-0.2, 0) is 11.3 Å². The predicted molar refractivity (Wildman–Crippen MR) is 109 cm³/mol. The number of amides is 3. The molecule has 1 aliphatic carbocycles. The van der Waals surface area contributed by atoms with Crippen molar-refractivity contribution in [2.45, 2.75) is 25.9 Å². The second kappa shape index (κ2) is 6.93. The van der Waals surface area contributed by atoms with Gasteiger partial charge >= 0.3 is 6.03 Å². The Morgan fingerprint density at radius 2 is 2.00 bits per heavy atom. The van der Waals surface area contributed by atoms with Gasteiger partial charge in [0.1, 0.15) is 6.54 Å². The van der Waals surface area contributed by atoms with Gasteiger partial charge < -0.3 is 15.1 Å². The Kier molecular flexibility index (Phi) is 4.34. The summed E-state index contributed by atoms with van der Waals surface area (Å²) in [4.78, 5) is 28.3. The largest absolute Gasteiger partial charge is 0.334 e. The van der Waals surface area contributed by atoms with Crippen LogP contribution in [0.5, 0.6) is 0 Å². The van der Waals surface area contributed by atoms with Crippen LogP contribution in [0.2, 0.25) is 0 Å². The van der Waals surface area contributed by atoms with Gasteiger partial charge in [0.05, 0.1) is 18.3 Å². The maximum Gasteiger partial charge on any atom is 0.322 e. The van der Waals surface area contributed by atoms with Crippen molar-refractivity contribution in [3.63, 3.8) is 0 Å². The van der Waals surface area contributed by atoms with Crippen LogP contribution < -0.4 is 5.32 Å². The van der Waals surface area contributed by atoms with Crippen LogP contribution in [0, 0.1) is 24.5 Å². The minimum atomic E-state index is -0.990. The van der Waals surface area contributed by atoms with E-state index in [0.717, 1.165) is 12.5 Å². The van der Waals surface area contributed by atoms with E-state index in [1.165, 1.54) is 27.7 Å². The summed E-state index contributed by atoms with van der Waals surface area (Å²) in [7, 11) is 0. The van der Waals surface area contributed by atoms with Crippen molar-refractivity contribution in [3.8, 4) is 0 Å². The highest BCUT2D eigenvalue weighted by atomic mass is 19.2. The number of rotatable bonds is 3. The third kappa shape index (κ3) is 2.96. The number of hydrogen-bond acceptors (Lipinski definition) is 2. The van der Waals surface area contributed by atoms with Gasteiger partial charge in [-0.25, -0.2) is 13.6 Å². The number of carbonyl (C=O) groups excluding carboxylic acids is 2. The zero-order valence-corrected chi connectivity index (χ0v) is 16.5. The third-order valence-electron chi connectivity index (χ3n) is 6.33. The van der Waals surface area contributed by atoms with Crippen molar-refractivity contribution in [2.75, 3.05) is 18.4 Å². The minimum absolute atomic E-state index is 0.00595. The van der Waals surface area contributed by atoms with Gasteiger partial charge in [0.15, 0.2) is 11.6 Å². The van der Waals surface area contributed by atoms with Gasteiger partial charge in [0.25, 0.3) is 0 Å². The first-order valence-electron chi connectivity index (χ1n) is 10.0. The Morgan fingerprint density at radius 1 is 1.20 bits per heavy atom. The minimum Gasteiger partial charge on any atom is -0.334 e. The van der Waals surface area contributed by atoms with Crippen LogP contribution >= 0.6 is 0 Å². The molecule has 2 aromatic rings. The van der Waals surface area contributed by atoms with E-state index >= 15 is 0 Å². The van der Waals surface area contributed by atoms with Crippen molar-refractivity contribution in [1.82, 2.24) is 9.80 Å². The molecule has 2 aromatic carbocycles. The van der Waals surface area contributed by atoms with Crippen LogP contribution in [0.25, 0.3) is 5.57 Å². The first-order chi connectivity index (χ1) is 14.4. The predicted octanol–water partition coefficient (Wildman–Crippen LogP) is 3.94. The molecule has 5 rings (SSSR count). The summed E-state index contributed by atoms with van der Waals surface area (Å²) in [6.45, 7) is 2.39. The number of anilines is 1. The molecule has 7 heteroatoms. The van der Waals surface area contributed by atoms with Gasteiger partial charge in [-0.05, 0) is 42.2 Å². The normalized spacial score (nSPS) is 22.1. The lowest BCUT2D eigenvalue weighted by molar-refractivity contribution is -0.132. The highest BCUT2D eigenvalue weighted by Gasteiger charge is 2.42. The van der Waals surface area contributed by atoms with Crippen molar-refractivity contribution in [3.05, 3.63) is 70.8 Å². The summed E-state index contributed by atoms with van der Waals surface area (Å²) in [5.74, 6) is -1.86. The average Bonchev–Trinajstić information content (AvgIpc) is 3.33. The molecule has 0 radical (unpaired) electrons. The van der Waals surface area contributed by atoms with Crippen molar-refractivity contribution < 1.29 is 18.4 Å². The lowest BCUT2D eigenvalue weighted by Gasteiger charge is -2.32. The molecule has 1 fully saturated rings. The van der Waals surface area contributed by atoms with Crippen molar-refractivity contribution >= 4 is 23.2 Å². The monoisotopic (exact) mass is 409 g/mol. The molecule has 5 nitrogen and oxygen atoms in total. The highest BCUT2D eigenvalue weighted by molar-refractivity contribution is 5.95. The Labute approximate surface area is 173 Å². The topological polar surface area (TPSA) is 52.7 Å². The molecule has 0 spiro atoms. The summed E-state index contributed by atoms with van der Waals surface area (Å²) in [5, 5.41) is 2.54. The summed E-state index contributed by atoms with van der Waals surface area (Å²) in [6.07, 6.45) is 3.03. The van der Waals surface area contributed by atoms with Gasteiger partial charge in [-0.15, -0.1) is 0 Å². The summed E-state index contributed by atoms with van der Waals surface area (Å²) < 4.78 is 27.7. The molecule has 2 bridgehead atoms. The molecule has 2 aliphatic heterocycles. The van der Waals surface area contributed by atoms with Crippen LogP contribution in [0.3, 0.4) is 0 Å². The van der Waals surface area contributed by atoms with E-state index in [1.807, 2.05) is 12.1 Å². The zero-order chi connectivity index (χ0) is 21.0. The fourth-order valence-corrected chi connectivity index (χ4v) is 4.79. The first-order valence-corrected chi connectivity index (χ1v) is 10.0. The lowest BCUT2D eigenvalue weighted by atomic mass is 9.92. The number of nitrogens with one attached hydrogen (secondary N) is 1. The number of halogens is 2. The molecular weight excluding hydrogens is 388 g/mol. The standard InChI is InChI=1S/C23H21F2N3O2/c1-13-4-2-3-5-16(13)17-9-15-8-14(17)10-28(15)21(29)12-27-11-18-20(26-23(27)30)7-6-19(24)22(18)25/h2-7,9,14-15H,8,10-12H2,1H3,(H,26,30). The van der Waals surface area contributed by atoms with Crippen LogP contribution in [0.1, 0.15) is 23.1 Å². The van der Waals surface area contributed by atoms with E-state index in [1.54, 1.807) is 4.90 Å². The van der Waals surface area contributed by atoms with E-state index in [9.17, 15) is 18.4 Å². The molecule has 1 N–H and O–H groups in total. The van der Waals surface area contributed by atoms with Gasteiger partial charge in [-0.1, -0.05) is 30.3 Å². The van der Waals surface area contributed by atoms with E-state index in [2.05, 4.69) is 30.4 Å². The van der Waals surface area contributed by atoms with Crippen molar-refractivity contribution in [1.29, 1.82) is 0 Å². The number of fused-ring (bicyclic) bond motifs is 3. The molecule has 0 saturated carbocycles. The highest BCUT2D eigenvalue weighted by Crippen LogP contribution is 2.43. The second-order valence-electron chi connectivity index (χ2n) is 8.16. The molecule has 0 aromatic heterocycles. The van der Waals surface area contributed by atoms with E-state index < -0.39 is 17.7 Å². The first kappa shape index (κ1) is 18.8. The molecule has 2 heterocycles. The van der Waals surface area contributed by atoms with E-state index in [4.69, 9.17) is 0 Å². The summed E-state index contributed by atoms with van der Waals surface area (Å²) in [5.41, 5.74) is 4.03. The SMILES string of the molecule is Cc1ccccc1C1=CC2CC1CN2C(=O)CN1Cc2c(ccc(F)c2F)NC1=O. The van der Waals surface area contributed by atoms with Crippen molar-refractivity contribution in [2.24, 2.45) is 5.92 Å². The number of urea groups is 1. The Balaban J connectivity index is 1.31. The number of aryl methyl sites for hydroxylation is 1. The fourth-order valence-electron chi connectivity index (χ4n) is 4.79. The number of hydrogen-bond donors (Lipinski definition) is 1. The molecule has 2 unspecified atom stereocenters. The number of nitrogens with zero attached hydrogens (tertiary/aromatic N) is 2. The number of benzene rings is 2. The van der Waals surface area contributed by atoms with E-state index in [-0.39, 0.29) is 42.2 Å². The van der Waals surface area contributed by atoms with Gasteiger partial charge in [-0.3, -0.25) is 4.79 Å². The maximum absolute atomic E-state index is 14.1. The van der Waals surface area contributed by atoms with Crippen LogP contribution in [-0.4, -0.2) is 40.9 Å². The van der Waals surface area contributed by atoms with Crippen LogP contribution in [0.4, 0.5) is 19.3 Å². The van der Waals surface area contributed by atoms with Gasteiger partial charge in [-0.2, -0.15) is 0 Å². The molecule has 2 atom stereocenters. The second-order valence-corrected chi connectivity index (χ2v) is 8.16. The molecule has 3 aliphatic rings. The molecule has 1 saturated heterocycles.